The zero-order valence-electron chi connectivity index (χ0n) is 5.62. The molecule has 0 aliphatic heterocycles. The minimum Gasteiger partial charge on any atom is -0.264 e. The van der Waals surface area contributed by atoms with E-state index < -0.39 is 0 Å². The molecule has 0 nitrogen and oxygen atoms in total. The van der Waals surface area contributed by atoms with Crippen LogP contribution in [0.25, 0.3) is 0 Å². The average molecular weight is 115 g/mol. The molecule has 0 amide bonds. The first-order valence-electron chi connectivity index (χ1n) is 3.12. The van der Waals surface area contributed by atoms with Gasteiger partial charge >= 0.3 is 0 Å². The molecule has 7 heavy (non-hydrogen) atoms. The molecule has 0 saturated heterocycles. The molecule has 0 unspecified atom stereocenters. The fourth-order valence-electron chi connectivity index (χ4n) is 0.604. The van der Waals surface area contributed by atoms with Crippen molar-refractivity contribution in [1.29, 1.82) is 0 Å². The summed E-state index contributed by atoms with van der Waals surface area (Å²) >= 11 is 0. The molecule has 0 rings (SSSR count). The van der Waals surface area contributed by atoms with Crippen molar-refractivity contribution in [2.45, 2.75) is 38.9 Å². The van der Waals surface area contributed by atoms with Gasteiger partial charge in [-0.05, 0) is 0 Å². The topological polar surface area (TPSA) is 0 Å². The Morgan fingerprint density at radius 2 is 1.86 bits per heavy atom. The fraction of sp³-hybridized carbons (Fsp3) is 1.00. The maximum Gasteiger partial charge on any atom is -0.0682 e. The van der Waals surface area contributed by atoms with E-state index in [0.29, 0.717) is 0 Å². The zero-order chi connectivity index (χ0) is 5.70. The molecular formula is C6H15Si-. The van der Waals surface area contributed by atoms with E-state index in [1.807, 2.05) is 0 Å². The molecule has 0 fully saturated rings. The Kier molecular flexibility index (Phi) is 4.51. The van der Waals surface area contributed by atoms with E-state index in [0.717, 1.165) is 0 Å². The van der Waals surface area contributed by atoms with Crippen molar-refractivity contribution in [2.75, 3.05) is 0 Å². The lowest BCUT2D eigenvalue weighted by molar-refractivity contribution is 1.05. The van der Waals surface area contributed by atoms with E-state index in [4.69, 9.17) is 0 Å². The van der Waals surface area contributed by atoms with Crippen LogP contribution in [-0.2, 0) is 0 Å². The first kappa shape index (κ1) is 7.22. The lowest BCUT2D eigenvalue weighted by atomic mass is 10.6. The first-order chi connectivity index (χ1) is 3.31. The van der Waals surface area contributed by atoms with Crippen LogP contribution in [0.5, 0.6) is 0 Å². The minimum atomic E-state index is 0.120. The third-order valence-corrected chi connectivity index (χ3v) is 3.84. The molecule has 0 aliphatic carbocycles. The maximum atomic E-state index is 2.41. The van der Waals surface area contributed by atoms with E-state index in [9.17, 15) is 0 Å². The SMILES string of the molecule is CCC[Si-](C)CC. The van der Waals surface area contributed by atoms with Gasteiger partial charge in [-0.25, -0.2) is 0 Å². The van der Waals surface area contributed by atoms with Crippen LogP contribution in [0.3, 0.4) is 0 Å². The predicted molar refractivity (Wildman–Crippen MR) is 37.2 cm³/mol. The van der Waals surface area contributed by atoms with Gasteiger partial charge in [-0.3, -0.25) is 8.80 Å². The van der Waals surface area contributed by atoms with Gasteiger partial charge in [0.2, 0.25) is 0 Å². The number of rotatable bonds is 3. The summed E-state index contributed by atoms with van der Waals surface area (Å²) in [5.74, 6) is 0. The van der Waals surface area contributed by atoms with Crippen molar-refractivity contribution in [3.8, 4) is 0 Å². The molecule has 0 heterocycles. The average Bonchev–Trinajstić information content (AvgIpc) is 1.68. The van der Waals surface area contributed by atoms with E-state index >= 15 is 0 Å². The van der Waals surface area contributed by atoms with Crippen LogP contribution in [0, 0.1) is 0 Å². The van der Waals surface area contributed by atoms with Crippen LogP contribution in [0.4, 0.5) is 0 Å². The van der Waals surface area contributed by atoms with Crippen molar-refractivity contribution in [3.05, 3.63) is 0 Å². The van der Waals surface area contributed by atoms with Gasteiger partial charge in [0, 0.05) is 0 Å². The largest absolute Gasteiger partial charge is 0.264 e. The molecular weight excluding hydrogens is 100 g/mol. The van der Waals surface area contributed by atoms with Crippen LogP contribution in [0.15, 0.2) is 0 Å². The van der Waals surface area contributed by atoms with Gasteiger partial charge in [-0.1, -0.05) is 20.3 Å². The second kappa shape index (κ2) is 4.38. The van der Waals surface area contributed by atoms with Gasteiger partial charge in [-0.2, -0.15) is 18.6 Å². The van der Waals surface area contributed by atoms with Crippen molar-refractivity contribution in [3.63, 3.8) is 0 Å². The Bertz CT molecular complexity index is 35.2. The lowest BCUT2D eigenvalue weighted by Crippen LogP contribution is -2.01. The molecule has 0 aromatic rings. The second-order valence-corrected chi connectivity index (χ2v) is 5.18. The molecule has 0 atom stereocenters. The fourth-order valence-corrected chi connectivity index (χ4v) is 1.81. The van der Waals surface area contributed by atoms with Crippen LogP contribution in [0.2, 0.25) is 18.6 Å². The maximum absolute atomic E-state index is 2.41. The molecule has 0 bridgehead atoms. The standard InChI is InChI=1S/C6H15Si/c1-4-6-7(3)5-2/h4-6H2,1-3H3/q-1. The lowest BCUT2D eigenvalue weighted by Gasteiger charge is -2.17. The second-order valence-electron chi connectivity index (χ2n) is 2.06. The minimum absolute atomic E-state index is 0.120. The van der Waals surface area contributed by atoms with Gasteiger partial charge in [0.1, 0.15) is 0 Å². The summed E-state index contributed by atoms with van der Waals surface area (Å²) in [5.41, 5.74) is 0. The molecule has 0 N–H and O–H groups in total. The summed E-state index contributed by atoms with van der Waals surface area (Å²) in [6, 6.07) is 2.94. The third kappa shape index (κ3) is 4.06. The number of hydrogen-bond acceptors (Lipinski definition) is 0. The summed E-state index contributed by atoms with van der Waals surface area (Å²) in [6.07, 6.45) is 1.39. The Labute approximate surface area is 48.5 Å². The molecule has 44 valence electrons. The highest BCUT2D eigenvalue weighted by atomic mass is 28.3. The summed E-state index contributed by atoms with van der Waals surface area (Å²) in [6.45, 7) is 6.97. The van der Waals surface area contributed by atoms with Gasteiger partial charge < -0.3 is 0 Å². The van der Waals surface area contributed by atoms with Gasteiger partial charge in [0.25, 0.3) is 0 Å². The highest BCUT2D eigenvalue weighted by Crippen LogP contribution is 1.99. The number of hydrogen-bond donors (Lipinski definition) is 0. The van der Waals surface area contributed by atoms with Crippen LogP contribution < -0.4 is 0 Å². The molecule has 0 saturated carbocycles. The van der Waals surface area contributed by atoms with E-state index in [1.54, 1.807) is 0 Å². The summed E-state index contributed by atoms with van der Waals surface area (Å²) < 4.78 is 0. The van der Waals surface area contributed by atoms with Crippen molar-refractivity contribution in [2.24, 2.45) is 0 Å². The molecule has 0 spiro atoms. The normalized spacial score (nSPS) is 10.3. The Hall–Kier alpha value is 0.217. The van der Waals surface area contributed by atoms with E-state index in [2.05, 4.69) is 20.4 Å². The quantitative estimate of drug-likeness (QED) is 0.496. The van der Waals surface area contributed by atoms with Crippen molar-refractivity contribution in [1.82, 2.24) is 0 Å². The Balaban J connectivity index is 2.83. The Morgan fingerprint density at radius 1 is 1.29 bits per heavy atom. The first-order valence-corrected chi connectivity index (χ1v) is 5.54. The molecule has 0 aromatic carbocycles. The highest BCUT2D eigenvalue weighted by molar-refractivity contribution is 6.57. The highest BCUT2D eigenvalue weighted by Gasteiger charge is 1.78. The smallest absolute Gasteiger partial charge is 0.0682 e. The van der Waals surface area contributed by atoms with Crippen molar-refractivity contribution >= 4 is 8.80 Å². The zero-order valence-corrected chi connectivity index (χ0v) is 6.62. The summed E-state index contributed by atoms with van der Waals surface area (Å²) in [7, 11) is 0.120. The Morgan fingerprint density at radius 3 is 2.00 bits per heavy atom. The predicted octanol–water partition coefficient (Wildman–Crippen LogP) is 2.54. The third-order valence-electron chi connectivity index (χ3n) is 1.28. The van der Waals surface area contributed by atoms with Crippen molar-refractivity contribution < 1.29 is 0 Å². The molecule has 0 aromatic heterocycles. The van der Waals surface area contributed by atoms with Gasteiger partial charge in [-0.15, -0.1) is 0 Å². The van der Waals surface area contributed by atoms with Crippen LogP contribution in [0.1, 0.15) is 20.3 Å². The summed E-state index contributed by atoms with van der Waals surface area (Å²) in [4.78, 5) is 0. The van der Waals surface area contributed by atoms with Gasteiger partial charge in [0.05, 0.1) is 0 Å². The van der Waals surface area contributed by atoms with Crippen LogP contribution in [-0.4, -0.2) is 8.80 Å². The molecule has 0 aliphatic rings. The van der Waals surface area contributed by atoms with E-state index in [1.165, 1.54) is 18.5 Å². The van der Waals surface area contributed by atoms with Gasteiger partial charge in [0.15, 0.2) is 0 Å². The van der Waals surface area contributed by atoms with E-state index in [-0.39, 0.29) is 8.80 Å². The van der Waals surface area contributed by atoms with Crippen LogP contribution >= 0.6 is 0 Å². The molecule has 1 heteroatoms. The monoisotopic (exact) mass is 115 g/mol. The molecule has 0 radical (unpaired) electrons. The summed E-state index contributed by atoms with van der Waals surface area (Å²) in [5, 5.41) is 0.